The smallest absolute Gasteiger partial charge is 0.127 e. The van der Waals surface area contributed by atoms with E-state index in [4.69, 9.17) is 10.2 Å². The summed E-state index contributed by atoms with van der Waals surface area (Å²) in [6.45, 7) is 12.9. The van der Waals surface area contributed by atoms with Gasteiger partial charge in [-0.15, -0.1) is 15.0 Å². The molecule has 0 aliphatic carbocycles. The van der Waals surface area contributed by atoms with Gasteiger partial charge in [0.15, 0.2) is 0 Å². The van der Waals surface area contributed by atoms with Crippen LogP contribution >= 0.6 is 0 Å². The Morgan fingerprint density at radius 1 is 0.700 bits per heavy atom. The molecular weight excluding hydrogens is 370 g/mol. The topological polar surface area (TPSA) is 50.9 Å². The minimum atomic E-state index is -0.162. The molecule has 1 heterocycles. The fourth-order valence-electron chi connectivity index (χ4n) is 3.72. The summed E-state index contributed by atoms with van der Waals surface area (Å²) < 4.78 is 0. The number of phenolic OH excluding ortho intramolecular Hbond substituents is 1. The number of hydrogen-bond donors (Lipinski definition) is 1. The van der Waals surface area contributed by atoms with Crippen LogP contribution in [0.2, 0.25) is 0 Å². The first kappa shape index (κ1) is 20.1. The summed E-state index contributed by atoms with van der Waals surface area (Å²) in [7, 11) is 0. The number of benzene rings is 3. The van der Waals surface area contributed by atoms with Crippen LogP contribution in [0.3, 0.4) is 0 Å². The number of para-hydroxylation sites is 1. The van der Waals surface area contributed by atoms with Gasteiger partial charge in [0.25, 0.3) is 0 Å². The highest BCUT2D eigenvalue weighted by molar-refractivity contribution is 5.80. The fraction of sp³-hybridized carbons (Fsp3) is 0.308. The highest BCUT2D eigenvalue weighted by Crippen LogP contribution is 2.41. The van der Waals surface area contributed by atoms with Crippen molar-refractivity contribution in [1.29, 1.82) is 0 Å². The molecule has 30 heavy (non-hydrogen) atoms. The maximum absolute atomic E-state index is 11.2. The number of nitrogens with zero attached hydrogens (tertiary/aromatic N) is 3. The molecule has 0 atom stereocenters. The van der Waals surface area contributed by atoms with Crippen LogP contribution in [0.4, 0.5) is 0 Å². The molecule has 4 aromatic rings. The van der Waals surface area contributed by atoms with Gasteiger partial charge in [-0.25, -0.2) is 0 Å². The zero-order chi connectivity index (χ0) is 21.7. The summed E-state index contributed by atoms with van der Waals surface area (Å²) in [5.41, 5.74) is 6.18. The Labute approximate surface area is 178 Å². The summed E-state index contributed by atoms with van der Waals surface area (Å²) in [5.74, 6) is 0.312. The van der Waals surface area contributed by atoms with Crippen LogP contribution in [0, 0.1) is 0 Å². The Morgan fingerprint density at radius 3 is 1.90 bits per heavy atom. The van der Waals surface area contributed by atoms with E-state index in [-0.39, 0.29) is 10.8 Å². The Hall–Kier alpha value is -3.14. The molecular formula is C26H29N3O. The number of rotatable bonds is 2. The molecule has 3 aromatic carbocycles. The van der Waals surface area contributed by atoms with Crippen LogP contribution < -0.4 is 0 Å². The third-order valence-corrected chi connectivity index (χ3v) is 5.50. The summed E-state index contributed by atoms with van der Waals surface area (Å²) in [6, 6.07) is 20.1. The second-order valence-electron chi connectivity index (χ2n) is 9.91. The Bertz CT molecular complexity index is 1190. The van der Waals surface area contributed by atoms with Crippen molar-refractivity contribution in [2.24, 2.45) is 0 Å². The summed E-state index contributed by atoms with van der Waals surface area (Å²) >= 11 is 0. The molecule has 0 fully saturated rings. The van der Waals surface area contributed by atoms with Crippen molar-refractivity contribution < 1.29 is 5.11 Å². The molecule has 0 spiro atoms. The number of hydrogen-bond acceptors (Lipinski definition) is 3. The molecule has 1 aromatic heterocycles. The van der Waals surface area contributed by atoms with Gasteiger partial charge in [0.1, 0.15) is 16.8 Å². The summed E-state index contributed by atoms with van der Waals surface area (Å²) in [5, 5.41) is 20.6. The predicted octanol–water partition coefficient (Wildman–Crippen LogP) is 6.39. The van der Waals surface area contributed by atoms with Gasteiger partial charge in [-0.3, -0.25) is 0 Å². The molecule has 1 N–H and O–H groups in total. The molecule has 0 saturated heterocycles. The van der Waals surface area contributed by atoms with Gasteiger partial charge in [-0.2, -0.15) is 0 Å². The van der Waals surface area contributed by atoms with Gasteiger partial charge in [0.05, 0.1) is 5.69 Å². The lowest BCUT2D eigenvalue weighted by atomic mass is 9.83. The monoisotopic (exact) mass is 399 g/mol. The van der Waals surface area contributed by atoms with Crippen molar-refractivity contribution >= 4 is 11.0 Å². The van der Waals surface area contributed by atoms with E-state index in [0.29, 0.717) is 5.75 Å². The van der Waals surface area contributed by atoms with Crippen molar-refractivity contribution in [2.45, 2.75) is 52.4 Å². The zero-order valence-electron chi connectivity index (χ0n) is 18.6. The third kappa shape index (κ3) is 3.58. The van der Waals surface area contributed by atoms with E-state index >= 15 is 0 Å². The van der Waals surface area contributed by atoms with Gasteiger partial charge < -0.3 is 5.11 Å². The first-order valence-electron chi connectivity index (χ1n) is 10.4. The minimum absolute atomic E-state index is 0.0187. The van der Waals surface area contributed by atoms with Crippen LogP contribution in [-0.4, -0.2) is 20.1 Å². The van der Waals surface area contributed by atoms with Gasteiger partial charge in [0, 0.05) is 11.1 Å². The quantitative estimate of drug-likeness (QED) is 0.425. The number of aromatic nitrogens is 3. The normalized spacial score (nSPS) is 12.5. The van der Waals surface area contributed by atoms with E-state index in [1.54, 1.807) is 4.80 Å². The molecule has 0 radical (unpaired) electrons. The van der Waals surface area contributed by atoms with Gasteiger partial charge in [-0.1, -0.05) is 84.0 Å². The summed E-state index contributed by atoms with van der Waals surface area (Å²) in [4.78, 5) is 1.69. The highest BCUT2D eigenvalue weighted by atomic mass is 16.3. The molecule has 4 heteroatoms. The first-order chi connectivity index (χ1) is 14.1. The first-order valence-corrected chi connectivity index (χ1v) is 10.4. The average Bonchev–Trinajstić information content (AvgIpc) is 3.10. The highest BCUT2D eigenvalue weighted by Gasteiger charge is 2.23. The lowest BCUT2D eigenvalue weighted by Gasteiger charge is -2.24. The van der Waals surface area contributed by atoms with Gasteiger partial charge in [-0.05, 0) is 40.2 Å². The number of aromatic hydroxyl groups is 1. The Morgan fingerprint density at radius 2 is 1.33 bits per heavy atom. The molecule has 0 amide bonds. The molecule has 0 bridgehead atoms. The molecule has 154 valence electrons. The van der Waals surface area contributed by atoms with Crippen LogP contribution in [0.25, 0.3) is 27.8 Å². The average molecular weight is 400 g/mol. The molecule has 0 aliphatic rings. The largest absolute Gasteiger partial charge is 0.507 e. The maximum Gasteiger partial charge on any atom is 0.127 e. The fourth-order valence-corrected chi connectivity index (χ4v) is 3.72. The molecule has 4 nitrogen and oxygen atoms in total. The van der Waals surface area contributed by atoms with Crippen molar-refractivity contribution in [3.05, 3.63) is 71.8 Å². The standard InChI is InChI=1S/C26H29N3O/c1-25(2,3)17-14-15-18(19-10-9-11-20(24(19)30)26(4,5)6)23(16-17)29-27-21-12-7-8-13-22(21)28-29/h7-16,30H,1-6H3. The SMILES string of the molecule is CC(C)(C)c1ccc(-c2cccc(C(C)(C)C)c2O)c(-n2nc3ccccc3n2)c1. The van der Waals surface area contributed by atoms with E-state index in [1.807, 2.05) is 42.5 Å². The lowest BCUT2D eigenvalue weighted by molar-refractivity contribution is 0.448. The lowest BCUT2D eigenvalue weighted by Crippen LogP contribution is -2.13. The molecule has 0 unspecified atom stereocenters. The van der Waals surface area contributed by atoms with Crippen LogP contribution in [0.5, 0.6) is 5.75 Å². The van der Waals surface area contributed by atoms with Crippen LogP contribution in [-0.2, 0) is 10.8 Å². The maximum atomic E-state index is 11.2. The Balaban J connectivity index is 1.99. The predicted molar refractivity (Wildman–Crippen MR) is 123 cm³/mol. The second-order valence-corrected chi connectivity index (χ2v) is 9.91. The second kappa shape index (κ2) is 6.98. The van der Waals surface area contributed by atoms with Gasteiger partial charge >= 0.3 is 0 Å². The van der Waals surface area contributed by atoms with Crippen LogP contribution in [0.15, 0.2) is 60.7 Å². The number of phenols is 1. The zero-order valence-corrected chi connectivity index (χ0v) is 18.6. The van der Waals surface area contributed by atoms with E-state index in [0.717, 1.165) is 33.4 Å². The molecule has 0 aliphatic heterocycles. The van der Waals surface area contributed by atoms with Gasteiger partial charge in [0.2, 0.25) is 0 Å². The molecule has 4 rings (SSSR count). The minimum Gasteiger partial charge on any atom is -0.507 e. The number of fused-ring (bicyclic) bond motifs is 1. The molecule has 0 saturated carbocycles. The van der Waals surface area contributed by atoms with E-state index in [9.17, 15) is 5.11 Å². The van der Waals surface area contributed by atoms with Crippen LogP contribution in [0.1, 0.15) is 52.7 Å². The van der Waals surface area contributed by atoms with E-state index in [1.165, 1.54) is 5.56 Å². The third-order valence-electron chi connectivity index (χ3n) is 5.50. The summed E-state index contributed by atoms with van der Waals surface area (Å²) in [6.07, 6.45) is 0. The van der Waals surface area contributed by atoms with E-state index < -0.39 is 0 Å². The van der Waals surface area contributed by atoms with Crippen molar-refractivity contribution in [1.82, 2.24) is 15.0 Å². The van der Waals surface area contributed by atoms with E-state index in [2.05, 4.69) is 59.7 Å². The van der Waals surface area contributed by atoms with Crippen molar-refractivity contribution in [3.8, 4) is 22.6 Å². The van der Waals surface area contributed by atoms with Crippen molar-refractivity contribution in [3.63, 3.8) is 0 Å². The Kier molecular flexibility index (Phi) is 4.69. The van der Waals surface area contributed by atoms with Crippen molar-refractivity contribution in [2.75, 3.05) is 0 Å².